The monoisotopic (exact) mass is 304 g/mol. The third kappa shape index (κ3) is 6.94. The van der Waals surface area contributed by atoms with E-state index in [1.54, 1.807) is 24.3 Å². The molecule has 0 saturated heterocycles. The summed E-state index contributed by atoms with van der Waals surface area (Å²) in [7, 11) is 0. The summed E-state index contributed by atoms with van der Waals surface area (Å²) in [6, 6.07) is 6.59. The molecule has 0 aromatic heterocycles. The van der Waals surface area contributed by atoms with Gasteiger partial charge >= 0.3 is 11.9 Å². The van der Waals surface area contributed by atoms with E-state index in [1.807, 2.05) is 13.8 Å². The van der Waals surface area contributed by atoms with Gasteiger partial charge in [-0.05, 0) is 25.0 Å². The summed E-state index contributed by atoms with van der Waals surface area (Å²) in [5.74, 6) is -0.942. The van der Waals surface area contributed by atoms with E-state index in [0.717, 1.165) is 25.7 Å². The van der Waals surface area contributed by atoms with E-state index in [-0.39, 0.29) is 11.1 Å². The van der Waals surface area contributed by atoms with Crippen LogP contribution < -0.4 is 0 Å². The molecule has 22 heavy (non-hydrogen) atoms. The molecule has 0 N–H and O–H groups in total. The molecular formula is C18H24O4. The zero-order chi connectivity index (χ0) is 16.8. The first-order valence-corrected chi connectivity index (χ1v) is 7.47. The van der Waals surface area contributed by atoms with Crippen LogP contribution in [0.5, 0.6) is 0 Å². The number of hydrogen-bond acceptors (Lipinski definition) is 4. The summed E-state index contributed by atoms with van der Waals surface area (Å²) in [5, 5.41) is 0. The molecule has 0 heterocycles. The van der Waals surface area contributed by atoms with Crippen LogP contribution in [0.25, 0.3) is 0 Å². The van der Waals surface area contributed by atoms with Crippen molar-refractivity contribution < 1.29 is 19.1 Å². The maximum Gasteiger partial charge on any atom is 0.339 e. The van der Waals surface area contributed by atoms with Crippen LogP contribution in [0, 0.1) is 12.8 Å². The molecule has 0 aliphatic carbocycles. The third-order valence-corrected chi connectivity index (χ3v) is 2.83. The lowest BCUT2D eigenvalue weighted by molar-refractivity contribution is 0.0452. The topological polar surface area (TPSA) is 52.6 Å². The summed E-state index contributed by atoms with van der Waals surface area (Å²) in [4.78, 5) is 23.9. The Morgan fingerprint density at radius 1 is 0.864 bits per heavy atom. The summed E-state index contributed by atoms with van der Waals surface area (Å²) >= 11 is 0. The molecule has 0 aliphatic rings. The van der Waals surface area contributed by atoms with Gasteiger partial charge in [0.25, 0.3) is 0 Å². The number of ether oxygens (including phenoxy) is 2. The molecule has 0 atom stereocenters. The third-order valence-electron chi connectivity index (χ3n) is 2.83. The number of hydrogen-bond donors (Lipinski definition) is 0. The lowest BCUT2D eigenvalue weighted by Crippen LogP contribution is -2.14. The fraction of sp³-hybridized carbons (Fsp3) is 0.444. The molecule has 0 aliphatic heterocycles. The Kier molecular flexibility index (Phi) is 11.2. The van der Waals surface area contributed by atoms with E-state index >= 15 is 0 Å². The normalized spacial score (nSPS) is 9.27. The second kappa shape index (κ2) is 12.5. The van der Waals surface area contributed by atoms with Gasteiger partial charge in [0.15, 0.2) is 0 Å². The van der Waals surface area contributed by atoms with Crippen molar-refractivity contribution in [2.24, 2.45) is 0 Å². The first-order chi connectivity index (χ1) is 10.7. The molecule has 0 bridgehead atoms. The molecule has 1 aromatic rings. The molecule has 0 saturated carbocycles. The lowest BCUT2D eigenvalue weighted by atomic mass is 10.1. The molecule has 0 unspecified atom stereocenters. The largest absolute Gasteiger partial charge is 0.462 e. The van der Waals surface area contributed by atoms with Crippen LogP contribution in [0.1, 0.15) is 60.2 Å². The van der Waals surface area contributed by atoms with Crippen LogP contribution in [0.3, 0.4) is 0 Å². The summed E-state index contributed by atoms with van der Waals surface area (Å²) in [5.41, 5.74) is 0.537. The second-order valence-corrected chi connectivity index (χ2v) is 4.52. The highest BCUT2D eigenvalue weighted by Gasteiger charge is 2.18. The predicted molar refractivity (Wildman–Crippen MR) is 86.7 cm³/mol. The highest BCUT2D eigenvalue weighted by atomic mass is 16.5. The standard InChI is InChI=1S/C16H22O4.C2H2/c1-3-5-11-19-15(17)13-9-7-8-10-14(13)16(18)20-12-6-4-2;1-2/h7-10H,3-6,11-12H2,1-2H3;1-2H. The Hall–Kier alpha value is -2.28. The van der Waals surface area contributed by atoms with Crippen molar-refractivity contribution in [1.29, 1.82) is 0 Å². The minimum atomic E-state index is -0.471. The molecule has 0 spiro atoms. The average Bonchev–Trinajstić information content (AvgIpc) is 2.57. The minimum absolute atomic E-state index is 0.269. The van der Waals surface area contributed by atoms with E-state index < -0.39 is 11.9 Å². The first-order valence-electron chi connectivity index (χ1n) is 7.47. The molecule has 1 rings (SSSR count). The number of carbonyl (C=O) groups excluding carboxylic acids is 2. The highest BCUT2D eigenvalue weighted by molar-refractivity contribution is 6.03. The Morgan fingerprint density at radius 3 is 1.55 bits per heavy atom. The van der Waals surface area contributed by atoms with Crippen LogP contribution >= 0.6 is 0 Å². The van der Waals surface area contributed by atoms with E-state index in [2.05, 4.69) is 12.8 Å². The number of rotatable bonds is 8. The number of unbranched alkanes of at least 4 members (excludes halogenated alkanes) is 2. The van der Waals surface area contributed by atoms with Crippen LogP contribution in [0.15, 0.2) is 24.3 Å². The number of terminal acetylenes is 1. The number of esters is 2. The number of benzene rings is 1. The highest BCUT2D eigenvalue weighted by Crippen LogP contribution is 2.12. The molecule has 1 aromatic carbocycles. The molecule has 0 fully saturated rings. The van der Waals surface area contributed by atoms with Crippen LogP contribution in [0.4, 0.5) is 0 Å². The first kappa shape index (κ1) is 19.7. The van der Waals surface area contributed by atoms with Crippen molar-refractivity contribution in [1.82, 2.24) is 0 Å². The van der Waals surface area contributed by atoms with Gasteiger partial charge in [-0.15, -0.1) is 12.8 Å². The van der Waals surface area contributed by atoms with E-state index in [4.69, 9.17) is 9.47 Å². The Balaban J connectivity index is 0.00000211. The Morgan fingerprint density at radius 2 is 1.23 bits per heavy atom. The van der Waals surface area contributed by atoms with Gasteiger partial charge in [-0.25, -0.2) is 9.59 Å². The summed E-state index contributed by atoms with van der Waals surface area (Å²) < 4.78 is 10.3. The van der Waals surface area contributed by atoms with Crippen molar-refractivity contribution in [3.63, 3.8) is 0 Å². The van der Waals surface area contributed by atoms with Gasteiger partial charge in [0.1, 0.15) is 0 Å². The lowest BCUT2D eigenvalue weighted by Gasteiger charge is -2.09. The van der Waals surface area contributed by atoms with Gasteiger partial charge in [-0.2, -0.15) is 0 Å². The van der Waals surface area contributed by atoms with Crippen molar-refractivity contribution in [2.75, 3.05) is 13.2 Å². The van der Waals surface area contributed by atoms with Gasteiger partial charge in [-0.3, -0.25) is 0 Å². The maximum absolute atomic E-state index is 11.9. The zero-order valence-electron chi connectivity index (χ0n) is 13.3. The molecular weight excluding hydrogens is 280 g/mol. The van der Waals surface area contributed by atoms with E-state index in [0.29, 0.717) is 13.2 Å². The smallest absolute Gasteiger partial charge is 0.339 e. The van der Waals surface area contributed by atoms with Gasteiger partial charge in [-0.1, -0.05) is 38.8 Å². The van der Waals surface area contributed by atoms with E-state index in [1.165, 1.54) is 0 Å². The summed E-state index contributed by atoms with van der Waals surface area (Å²) in [6.45, 7) is 4.78. The van der Waals surface area contributed by atoms with Gasteiger partial charge < -0.3 is 9.47 Å². The fourth-order valence-electron chi connectivity index (χ4n) is 1.61. The maximum atomic E-state index is 11.9. The molecule has 0 radical (unpaired) electrons. The molecule has 0 amide bonds. The van der Waals surface area contributed by atoms with Crippen molar-refractivity contribution in [3.8, 4) is 12.8 Å². The Bertz CT molecular complexity index is 436. The quantitative estimate of drug-likeness (QED) is 0.416. The van der Waals surface area contributed by atoms with Crippen LogP contribution in [0.2, 0.25) is 0 Å². The van der Waals surface area contributed by atoms with Gasteiger partial charge in [0.2, 0.25) is 0 Å². The molecule has 4 nitrogen and oxygen atoms in total. The SMILES string of the molecule is C#C.CCCCOC(=O)c1ccccc1C(=O)OCCCC. The van der Waals surface area contributed by atoms with Crippen LogP contribution in [-0.2, 0) is 9.47 Å². The average molecular weight is 304 g/mol. The van der Waals surface area contributed by atoms with Crippen molar-refractivity contribution >= 4 is 11.9 Å². The second-order valence-electron chi connectivity index (χ2n) is 4.52. The van der Waals surface area contributed by atoms with Crippen molar-refractivity contribution in [2.45, 2.75) is 39.5 Å². The van der Waals surface area contributed by atoms with Crippen LogP contribution in [-0.4, -0.2) is 25.2 Å². The van der Waals surface area contributed by atoms with Gasteiger partial charge in [0, 0.05) is 0 Å². The molecule has 4 heteroatoms. The molecule has 120 valence electrons. The number of carbonyl (C=O) groups is 2. The minimum Gasteiger partial charge on any atom is -0.462 e. The predicted octanol–water partition coefficient (Wildman–Crippen LogP) is 3.85. The zero-order valence-corrected chi connectivity index (χ0v) is 13.3. The Labute approximate surface area is 132 Å². The summed E-state index contributed by atoms with van der Waals surface area (Å²) in [6.07, 6.45) is 11.5. The van der Waals surface area contributed by atoms with Crippen molar-refractivity contribution in [3.05, 3.63) is 35.4 Å². The van der Waals surface area contributed by atoms with E-state index in [9.17, 15) is 9.59 Å². The van der Waals surface area contributed by atoms with Gasteiger partial charge in [0.05, 0.1) is 24.3 Å². The fourth-order valence-corrected chi connectivity index (χ4v) is 1.61.